The first-order valence-electron chi connectivity index (χ1n) is 8.74. The van der Waals surface area contributed by atoms with Crippen LogP contribution in [0.1, 0.15) is 19.8 Å². The van der Waals surface area contributed by atoms with E-state index in [1.54, 1.807) is 24.3 Å². The van der Waals surface area contributed by atoms with Crippen molar-refractivity contribution in [2.24, 2.45) is 0 Å². The van der Waals surface area contributed by atoms with E-state index in [0.29, 0.717) is 23.8 Å². The van der Waals surface area contributed by atoms with Gasteiger partial charge in [-0.2, -0.15) is 0 Å². The minimum Gasteiger partial charge on any atom is -0.494 e. The number of sulfonamides is 1. The van der Waals surface area contributed by atoms with Crippen LogP contribution in [0.25, 0.3) is 0 Å². The lowest BCUT2D eigenvalue weighted by atomic mass is 10.3. The molecule has 3 rings (SSSR count). The van der Waals surface area contributed by atoms with Gasteiger partial charge in [-0.15, -0.1) is 0 Å². The van der Waals surface area contributed by atoms with Crippen LogP contribution in [0.2, 0.25) is 0 Å². The summed E-state index contributed by atoms with van der Waals surface area (Å²) >= 11 is 0. The second-order valence-corrected chi connectivity index (χ2v) is 7.85. The number of carbonyl (C=O) groups excluding carboxylic acids is 1. The van der Waals surface area contributed by atoms with E-state index in [1.807, 2.05) is 6.92 Å². The first-order chi connectivity index (χ1) is 13.0. The molecule has 2 N–H and O–H groups in total. The van der Waals surface area contributed by atoms with Gasteiger partial charge in [-0.1, -0.05) is 0 Å². The SMILES string of the molecule is CCOc1ccc(NS(=O)(=O)c2ccc(OCC(=O)NC3CC3)cc2)cc1. The molecule has 27 heavy (non-hydrogen) atoms. The fourth-order valence-electron chi connectivity index (χ4n) is 2.36. The molecule has 7 nitrogen and oxygen atoms in total. The highest BCUT2D eigenvalue weighted by Crippen LogP contribution is 2.22. The minimum absolute atomic E-state index is 0.0903. The van der Waals surface area contributed by atoms with E-state index in [2.05, 4.69) is 10.0 Å². The van der Waals surface area contributed by atoms with E-state index in [1.165, 1.54) is 24.3 Å². The normalized spacial score (nSPS) is 13.7. The number of hydrogen-bond donors (Lipinski definition) is 2. The summed E-state index contributed by atoms with van der Waals surface area (Å²) in [6.07, 6.45) is 2.03. The summed E-state index contributed by atoms with van der Waals surface area (Å²) in [4.78, 5) is 11.7. The molecule has 1 fully saturated rings. The van der Waals surface area contributed by atoms with Crippen LogP contribution in [-0.4, -0.2) is 33.6 Å². The Hall–Kier alpha value is -2.74. The summed E-state index contributed by atoms with van der Waals surface area (Å²) in [5.41, 5.74) is 0.440. The van der Waals surface area contributed by atoms with Gasteiger partial charge in [0, 0.05) is 11.7 Å². The Balaban J connectivity index is 1.58. The molecule has 1 amide bonds. The van der Waals surface area contributed by atoms with Crippen LogP contribution in [0.15, 0.2) is 53.4 Å². The Morgan fingerprint density at radius 2 is 1.59 bits per heavy atom. The highest BCUT2D eigenvalue weighted by molar-refractivity contribution is 7.92. The molecule has 2 aromatic carbocycles. The summed E-state index contributed by atoms with van der Waals surface area (Å²) < 4.78 is 38.2. The largest absolute Gasteiger partial charge is 0.494 e. The van der Waals surface area contributed by atoms with Gasteiger partial charge in [0.25, 0.3) is 15.9 Å². The van der Waals surface area contributed by atoms with Gasteiger partial charge in [0.1, 0.15) is 11.5 Å². The number of carbonyl (C=O) groups is 1. The van der Waals surface area contributed by atoms with Crippen molar-refractivity contribution in [1.82, 2.24) is 5.32 Å². The second kappa shape index (κ2) is 8.30. The average molecular weight is 390 g/mol. The molecule has 2 aromatic rings. The van der Waals surface area contributed by atoms with Crippen molar-refractivity contribution in [3.63, 3.8) is 0 Å². The van der Waals surface area contributed by atoms with Gasteiger partial charge in [-0.05, 0) is 68.3 Å². The van der Waals surface area contributed by atoms with E-state index in [0.717, 1.165) is 12.8 Å². The van der Waals surface area contributed by atoms with Gasteiger partial charge in [-0.3, -0.25) is 9.52 Å². The zero-order valence-electron chi connectivity index (χ0n) is 15.0. The van der Waals surface area contributed by atoms with Crippen molar-refractivity contribution in [3.05, 3.63) is 48.5 Å². The molecule has 8 heteroatoms. The molecule has 0 atom stereocenters. The van der Waals surface area contributed by atoms with Gasteiger partial charge >= 0.3 is 0 Å². The molecule has 0 aromatic heterocycles. The lowest BCUT2D eigenvalue weighted by molar-refractivity contribution is -0.123. The van der Waals surface area contributed by atoms with Crippen molar-refractivity contribution >= 4 is 21.6 Å². The Morgan fingerprint density at radius 3 is 2.19 bits per heavy atom. The van der Waals surface area contributed by atoms with E-state index in [9.17, 15) is 13.2 Å². The van der Waals surface area contributed by atoms with E-state index < -0.39 is 10.0 Å². The van der Waals surface area contributed by atoms with Crippen LogP contribution in [0.4, 0.5) is 5.69 Å². The van der Waals surface area contributed by atoms with Crippen LogP contribution >= 0.6 is 0 Å². The number of anilines is 1. The van der Waals surface area contributed by atoms with Gasteiger partial charge in [0.15, 0.2) is 6.61 Å². The van der Waals surface area contributed by atoms with Crippen molar-refractivity contribution in [1.29, 1.82) is 0 Å². The lowest BCUT2D eigenvalue weighted by Crippen LogP contribution is -2.30. The van der Waals surface area contributed by atoms with Crippen LogP contribution in [0.5, 0.6) is 11.5 Å². The predicted molar refractivity (Wildman–Crippen MR) is 102 cm³/mol. The van der Waals surface area contributed by atoms with Crippen LogP contribution in [0.3, 0.4) is 0 Å². The van der Waals surface area contributed by atoms with Gasteiger partial charge < -0.3 is 14.8 Å². The summed E-state index contributed by atoms with van der Waals surface area (Å²) in [6, 6.07) is 12.9. The lowest BCUT2D eigenvalue weighted by Gasteiger charge is -2.10. The molecule has 1 aliphatic rings. The third kappa shape index (κ3) is 5.62. The zero-order valence-corrected chi connectivity index (χ0v) is 15.8. The molecule has 1 aliphatic carbocycles. The van der Waals surface area contributed by atoms with Crippen LogP contribution < -0.4 is 19.5 Å². The second-order valence-electron chi connectivity index (χ2n) is 6.16. The molecule has 0 unspecified atom stereocenters. The van der Waals surface area contributed by atoms with Crippen molar-refractivity contribution in [2.75, 3.05) is 17.9 Å². The predicted octanol–water partition coefficient (Wildman–Crippen LogP) is 2.54. The fraction of sp³-hybridized carbons (Fsp3) is 0.316. The molecule has 0 spiro atoms. The van der Waals surface area contributed by atoms with Crippen LogP contribution in [-0.2, 0) is 14.8 Å². The third-order valence-electron chi connectivity index (χ3n) is 3.86. The molecular weight excluding hydrogens is 368 g/mol. The molecular formula is C19H22N2O5S. The fourth-order valence-corrected chi connectivity index (χ4v) is 3.42. The van der Waals surface area contributed by atoms with E-state index >= 15 is 0 Å². The van der Waals surface area contributed by atoms with Crippen molar-refractivity contribution < 1.29 is 22.7 Å². The van der Waals surface area contributed by atoms with Gasteiger partial charge in [-0.25, -0.2) is 8.42 Å². The number of benzene rings is 2. The quantitative estimate of drug-likeness (QED) is 0.686. The first kappa shape index (κ1) is 19.0. The maximum absolute atomic E-state index is 12.5. The maximum atomic E-state index is 12.5. The van der Waals surface area contributed by atoms with Gasteiger partial charge in [0.05, 0.1) is 11.5 Å². The summed E-state index contributed by atoms with van der Waals surface area (Å²) in [5, 5.41) is 2.82. The Bertz CT molecular complexity index is 875. The summed E-state index contributed by atoms with van der Waals surface area (Å²) in [7, 11) is -3.72. The monoisotopic (exact) mass is 390 g/mol. The first-order valence-corrected chi connectivity index (χ1v) is 10.2. The van der Waals surface area contributed by atoms with Crippen molar-refractivity contribution in [2.45, 2.75) is 30.7 Å². The smallest absolute Gasteiger partial charge is 0.261 e. The van der Waals surface area contributed by atoms with Crippen molar-refractivity contribution in [3.8, 4) is 11.5 Å². The Labute approximate surface area is 158 Å². The number of nitrogens with one attached hydrogen (secondary N) is 2. The summed E-state index contributed by atoms with van der Waals surface area (Å²) in [6.45, 7) is 2.33. The molecule has 0 saturated heterocycles. The molecule has 144 valence electrons. The number of rotatable bonds is 9. The number of amides is 1. The van der Waals surface area contributed by atoms with E-state index in [4.69, 9.17) is 9.47 Å². The highest BCUT2D eigenvalue weighted by atomic mass is 32.2. The standard InChI is InChI=1S/C19H22N2O5S/c1-2-25-16-7-5-15(6-8-16)21-27(23,24)18-11-9-17(10-12-18)26-13-19(22)20-14-3-4-14/h5-12,14,21H,2-4,13H2,1H3,(H,20,22). The molecule has 1 saturated carbocycles. The molecule has 0 radical (unpaired) electrons. The Kier molecular flexibility index (Phi) is 5.85. The minimum atomic E-state index is -3.72. The number of hydrogen-bond acceptors (Lipinski definition) is 5. The molecule has 0 bridgehead atoms. The average Bonchev–Trinajstić information content (AvgIpc) is 3.46. The van der Waals surface area contributed by atoms with Crippen LogP contribution in [0, 0.1) is 0 Å². The topological polar surface area (TPSA) is 93.7 Å². The maximum Gasteiger partial charge on any atom is 0.261 e. The zero-order chi connectivity index (χ0) is 19.3. The van der Waals surface area contributed by atoms with Gasteiger partial charge in [0.2, 0.25) is 0 Å². The summed E-state index contributed by atoms with van der Waals surface area (Å²) in [5.74, 6) is 0.931. The highest BCUT2D eigenvalue weighted by Gasteiger charge is 2.23. The Morgan fingerprint density at radius 1 is 1.00 bits per heavy atom. The van der Waals surface area contributed by atoms with E-state index in [-0.39, 0.29) is 23.5 Å². The number of ether oxygens (including phenoxy) is 2. The third-order valence-corrected chi connectivity index (χ3v) is 5.26. The molecule has 0 aliphatic heterocycles. The molecule has 0 heterocycles.